The van der Waals surface area contributed by atoms with Crippen molar-refractivity contribution in [3.05, 3.63) is 131 Å². The maximum absolute atomic E-state index is 6.51. The standard InChI is InChI=1S/C35H30BNO/c1-23-15-19-31-30(21-23)36-29-18-17-27(37(25-11-7-5-8-12-25)26-13-9-6-10-14-26)22-28(29)35(3,4)33-24(2)16-20-32(38-31)34(33)36/h5-22H,1-4H3. The van der Waals surface area contributed by atoms with Crippen molar-refractivity contribution < 1.29 is 4.74 Å². The maximum atomic E-state index is 6.51. The van der Waals surface area contributed by atoms with Crippen LogP contribution in [0.2, 0.25) is 0 Å². The number of aryl methyl sites for hydroxylation is 2. The first-order valence-corrected chi connectivity index (χ1v) is 13.4. The summed E-state index contributed by atoms with van der Waals surface area (Å²) in [7, 11) is 0. The molecule has 0 N–H and O–H groups in total. The summed E-state index contributed by atoms with van der Waals surface area (Å²) >= 11 is 0. The molecule has 2 aliphatic heterocycles. The quantitative estimate of drug-likeness (QED) is 0.246. The zero-order valence-corrected chi connectivity index (χ0v) is 22.3. The van der Waals surface area contributed by atoms with E-state index in [1.165, 1.54) is 44.3 Å². The lowest BCUT2D eigenvalue weighted by Gasteiger charge is -2.43. The summed E-state index contributed by atoms with van der Waals surface area (Å²) in [6, 6.07) is 39.4. The third-order valence-corrected chi connectivity index (χ3v) is 8.33. The van der Waals surface area contributed by atoms with Crippen LogP contribution in [0.5, 0.6) is 11.5 Å². The van der Waals surface area contributed by atoms with Gasteiger partial charge in [-0.25, -0.2) is 0 Å². The molecule has 0 amide bonds. The number of anilines is 3. The highest BCUT2D eigenvalue weighted by Gasteiger charge is 2.45. The molecule has 0 unspecified atom stereocenters. The Kier molecular flexibility index (Phi) is 5.06. The van der Waals surface area contributed by atoms with Gasteiger partial charge in [0.25, 0.3) is 6.71 Å². The summed E-state index contributed by atoms with van der Waals surface area (Å²) < 4.78 is 6.51. The first kappa shape index (κ1) is 22.9. The Bertz CT molecular complexity index is 1650. The van der Waals surface area contributed by atoms with E-state index in [4.69, 9.17) is 4.74 Å². The van der Waals surface area contributed by atoms with Crippen LogP contribution in [0.25, 0.3) is 0 Å². The summed E-state index contributed by atoms with van der Waals surface area (Å²) in [6.07, 6.45) is 0. The van der Waals surface area contributed by atoms with Gasteiger partial charge in [-0.2, -0.15) is 0 Å². The molecule has 0 bridgehead atoms. The number of benzene rings is 5. The lowest BCUT2D eigenvalue weighted by molar-refractivity contribution is 0.484. The molecular weight excluding hydrogens is 461 g/mol. The van der Waals surface area contributed by atoms with Crippen molar-refractivity contribution in [2.24, 2.45) is 0 Å². The Morgan fingerprint density at radius 2 is 1.29 bits per heavy atom. The summed E-state index contributed by atoms with van der Waals surface area (Å²) in [6.45, 7) is 9.31. The van der Waals surface area contributed by atoms with Crippen LogP contribution < -0.4 is 26.0 Å². The molecule has 5 aromatic carbocycles. The normalized spacial score (nSPS) is 14.2. The second-order valence-corrected chi connectivity index (χ2v) is 11.1. The largest absolute Gasteiger partial charge is 0.458 e. The monoisotopic (exact) mass is 491 g/mol. The molecule has 0 radical (unpaired) electrons. The molecule has 2 nitrogen and oxygen atoms in total. The van der Waals surface area contributed by atoms with Crippen LogP contribution in [0.4, 0.5) is 17.1 Å². The van der Waals surface area contributed by atoms with Crippen molar-refractivity contribution in [2.45, 2.75) is 33.1 Å². The Hall–Kier alpha value is -4.24. The molecule has 5 aromatic rings. The van der Waals surface area contributed by atoms with Crippen LogP contribution in [0.15, 0.2) is 109 Å². The Morgan fingerprint density at radius 3 is 1.97 bits per heavy atom. The van der Waals surface area contributed by atoms with Crippen molar-refractivity contribution in [1.29, 1.82) is 0 Å². The van der Waals surface area contributed by atoms with E-state index in [9.17, 15) is 0 Å². The molecule has 0 aromatic heterocycles. The molecule has 0 saturated heterocycles. The van der Waals surface area contributed by atoms with E-state index in [1.54, 1.807) is 0 Å². The van der Waals surface area contributed by atoms with Gasteiger partial charge in [0.2, 0.25) is 0 Å². The topological polar surface area (TPSA) is 12.5 Å². The van der Waals surface area contributed by atoms with Gasteiger partial charge in [0, 0.05) is 22.5 Å². The van der Waals surface area contributed by atoms with E-state index in [0.29, 0.717) is 0 Å². The van der Waals surface area contributed by atoms with Crippen LogP contribution in [0.3, 0.4) is 0 Å². The molecule has 3 heteroatoms. The predicted molar refractivity (Wildman–Crippen MR) is 160 cm³/mol. The van der Waals surface area contributed by atoms with Crippen LogP contribution in [-0.2, 0) is 5.41 Å². The number of hydrogen-bond donors (Lipinski definition) is 0. The van der Waals surface area contributed by atoms with Gasteiger partial charge >= 0.3 is 0 Å². The van der Waals surface area contributed by atoms with E-state index < -0.39 is 0 Å². The Morgan fingerprint density at radius 1 is 0.632 bits per heavy atom. The molecule has 0 atom stereocenters. The number of rotatable bonds is 3. The second-order valence-electron chi connectivity index (χ2n) is 11.1. The van der Waals surface area contributed by atoms with Crippen molar-refractivity contribution in [3.63, 3.8) is 0 Å². The molecule has 0 aliphatic carbocycles. The van der Waals surface area contributed by atoms with Crippen molar-refractivity contribution in [3.8, 4) is 11.5 Å². The predicted octanol–water partition coefficient (Wildman–Crippen LogP) is 7.03. The zero-order chi connectivity index (χ0) is 26.0. The fourth-order valence-corrected chi connectivity index (χ4v) is 6.71. The molecule has 2 aliphatic rings. The maximum Gasteiger partial charge on any atom is 0.251 e. The van der Waals surface area contributed by atoms with Crippen LogP contribution in [-0.4, -0.2) is 6.71 Å². The molecule has 7 rings (SSSR count). The van der Waals surface area contributed by atoms with Crippen molar-refractivity contribution in [1.82, 2.24) is 0 Å². The molecular formula is C35H30BNO. The molecule has 0 saturated carbocycles. The van der Waals surface area contributed by atoms with Gasteiger partial charge in [0.1, 0.15) is 11.5 Å². The van der Waals surface area contributed by atoms with Crippen LogP contribution in [0.1, 0.15) is 36.1 Å². The van der Waals surface area contributed by atoms with Gasteiger partial charge in [0.15, 0.2) is 0 Å². The summed E-state index contributed by atoms with van der Waals surface area (Å²) in [5, 5.41) is 0. The van der Waals surface area contributed by atoms with Crippen molar-refractivity contribution >= 4 is 40.2 Å². The van der Waals surface area contributed by atoms with Gasteiger partial charge in [0.05, 0.1) is 0 Å². The van der Waals surface area contributed by atoms with E-state index >= 15 is 0 Å². The number of nitrogens with zero attached hydrogens (tertiary/aromatic N) is 1. The minimum Gasteiger partial charge on any atom is -0.458 e. The summed E-state index contributed by atoms with van der Waals surface area (Å²) in [5.41, 5.74) is 12.6. The number of fused-ring (bicyclic) bond motifs is 4. The summed E-state index contributed by atoms with van der Waals surface area (Å²) in [5.74, 6) is 1.96. The third kappa shape index (κ3) is 3.35. The second kappa shape index (κ2) is 8.39. The minimum atomic E-state index is -0.180. The lowest BCUT2D eigenvalue weighted by atomic mass is 9.30. The SMILES string of the molecule is Cc1ccc2c(c1)B1c3ccc(N(c4ccccc4)c4ccccc4)cc3C(C)(C)c3c(C)ccc(c31)O2. The van der Waals surface area contributed by atoms with Gasteiger partial charge in [-0.15, -0.1) is 0 Å². The Labute approximate surface area is 225 Å². The van der Waals surface area contributed by atoms with E-state index in [1.807, 2.05) is 0 Å². The molecule has 0 spiro atoms. The smallest absolute Gasteiger partial charge is 0.251 e. The fraction of sp³-hybridized carbons (Fsp3) is 0.143. The van der Waals surface area contributed by atoms with E-state index in [2.05, 4.69) is 142 Å². The molecule has 0 fully saturated rings. The van der Waals surface area contributed by atoms with Gasteiger partial charge in [-0.3, -0.25) is 0 Å². The average molecular weight is 491 g/mol. The highest BCUT2D eigenvalue weighted by molar-refractivity contribution is 6.98. The molecule has 38 heavy (non-hydrogen) atoms. The average Bonchev–Trinajstić information content (AvgIpc) is 2.93. The van der Waals surface area contributed by atoms with Crippen LogP contribution in [0, 0.1) is 13.8 Å². The third-order valence-electron chi connectivity index (χ3n) is 8.33. The zero-order valence-electron chi connectivity index (χ0n) is 22.3. The van der Waals surface area contributed by atoms with Gasteiger partial charge in [-0.1, -0.05) is 85.5 Å². The van der Waals surface area contributed by atoms with Gasteiger partial charge < -0.3 is 9.64 Å². The van der Waals surface area contributed by atoms with Gasteiger partial charge in [-0.05, 0) is 90.0 Å². The van der Waals surface area contributed by atoms with Crippen LogP contribution >= 0.6 is 0 Å². The first-order chi connectivity index (χ1) is 18.4. The highest BCUT2D eigenvalue weighted by Crippen LogP contribution is 2.42. The van der Waals surface area contributed by atoms with E-state index in [0.717, 1.165) is 22.9 Å². The van der Waals surface area contributed by atoms with E-state index in [-0.39, 0.29) is 12.1 Å². The molecule has 184 valence electrons. The lowest BCUT2D eigenvalue weighted by Crippen LogP contribution is -2.62. The highest BCUT2D eigenvalue weighted by atomic mass is 16.5. The minimum absolute atomic E-state index is 0.155. The number of hydrogen-bond acceptors (Lipinski definition) is 2. The fourth-order valence-electron chi connectivity index (χ4n) is 6.71. The molecule has 2 heterocycles. The Balaban J connectivity index is 1.49. The number of ether oxygens (including phenoxy) is 1. The summed E-state index contributed by atoms with van der Waals surface area (Å²) in [4.78, 5) is 2.36. The van der Waals surface area contributed by atoms with Crippen molar-refractivity contribution in [2.75, 3.05) is 4.90 Å². The number of para-hydroxylation sites is 2. The first-order valence-electron chi connectivity index (χ1n) is 13.4.